The molecular formula is C16H18N2O8S. The molecule has 0 aliphatic carbocycles. The van der Waals surface area contributed by atoms with Crippen LogP contribution in [0.15, 0.2) is 36.9 Å². The molecule has 2 aromatic rings. The maximum atomic E-state index is 11.3. The van der Waals surface area contributed by atoms with E-state index in [1.54, 1.807) is 24.7 Å². The highest BCUT2D eigenvalue weighted by Gasteiger charge is 2.50. The van der Waals surface area contributed by atoms with Crippen LogP contribution in [-0.4, -0.2) is 68.3 Å². The number of hydrogen-bond acceptors (Lipinski definition) is 9. The lowest BCUT2D eigenvalue weighted by molar-refractivity contribution is -0.254. The van der Waals surface area contributed by atoms with Crippen molar-refractivity contribution in [3.63, 3.8) is 0 Å². The van der Waals surface area contributed by atoms with Gasteiger partial charge in [0, 0.05) is 29.7 Å². The fourth-order valence-corrected chi connectivity index (χ4v) is 3.41. The van der Waals surface area contributed by atoms with Crippen molar-refractivity contribution in [2.45, 2.75) is 37.0 Å². The second kappa shape index (κ2) is 7.46. The smallest absolute Gasteiger partial charge is 0.295 e. The molecule has 0 spiro atoms. The highest BCUT2D eigenvalue weighted by molar-refractivity contribution is 7.86. The molecule has 1 saturated heterocycles. The number of aliphatic hydroxyl groups excluding tert-OH is 3. The number of nitrogens with zero attached hydrogens (tertiary/aromatic N) is 2. The monoisotopic (exact) mass is 398 g/mol. The van der Waals surface area contributed by atoms with Crippen LogP contribution in [0, 0.1) is 6.92 Å². The van der Waals surface area contributed by atoms with Crippen LogP contribution in [0.3, 0.4) is 0 Å². The molecule has 2 aromatic heterocycles. The third-order valence-corrected chi connectivity index (χ3v) is 4.97. The predicted molar refractivity (Wildman–Crippen MR) is 91.1 cm³/mol. The number of aromatic nitrogens is 2. The van der Waals surface area contributed by atoms with Crippen LogP contribution in [0.1, 0.15) is 5.56 Å². The average Bonchev–Trinajstić information content (AvgIpc) is 2.61. The SMILES string of the molecule is Cc1cncc(-c2cncc(O[C@@H]3OC(S(=O)(=O)O)[C@@H](O)[C@H](O)[C@H]3O)c2)c1. The lowest BCUT2D eigenvalue weighted by Crippen LogP contribution is -2.61. The lowest BCUT2D eigenvalue weighted by Gasteiger charge is -2.38. The van der Waals surface area contributed by atoms with Crippen molar-refractivity contribution in [3.8, 4) is 16.9 Å². The number of aryl methyl sites for hydroxylation is 1. The quantitative estimate of drug-likeness (QED) is 0.494. The van der Waals surface area contributed by atoms with Crippen molar-refractivity contribution in [2.75, 3.05) is 0 Å². The molecule has 0 radical (unpaired) electrons. The summed E-state index contributed by atoms with van der Waals surface area (Å²) in [4.78, 5) is 8.10. The molecule has 27 heavy (non-hydrogen) atoms. The van der Waals surface area contributed by atoms with Gasteiger partial charge < -0.3 is 24.8 Å². The Balaban J connectivity index is 1.85. The second-order valence-corrected chi connectivity index (χ2v) is 7.63. The second-order valence-electron chi connectivity index (χ2n) is 6.14. The van der Waals surface area contributed by atoms with E-state index in [1.165, 1.54) is 6.20 Å². The van der Waals surface area contributed by atoms with Crippen LogP contribution in [0.4, 0.5) is 0 Å². The number of pyridine rings is 2. The van der Waals surface area contributed by atoms with Gasteiger partial charge in [-0.1, -0.05) is 0 Å². The summed E-state index contributed by atoms with van der Waals surface area (Å²) in [5, 5.41) is 29.5. The Kier molecular flexibility index (Phi) is 5.42. The van der Waals surface area contributed by atoms with Crippen molar-refractivity contribution >= 4 is 10.1 Å². The number of hydrogen-bond donors (Lipinski definition) is 4. The Bertz CT molecular complexity index is 922. The minimum absolute atomic E-state index is 0.107. The number of ether oxygens (including phenoxy) is 2. The average molecular weight is 398 g/mol. The molecule has 3 heterocycles. The molecule has 4 N–H and O–H groups in total. The highest BCUT2D eigenvalue weighted by atomic mass is 32.2. The molecule has 1 aliphatic heterocycles. The molecule has 3 rings (SSSR count). The Morgan fingerprint density at radius 3 is 2.22 bits per heavy atom. The van der Waals surface area contributed by atoms with E-state index in [1.807, 2.05) is 13.0 Å². The van der Waals surface area contributed by atoms with Gasteiger partial charge in [-0.3, -0.25) is 14.5 Å². The molecule has 0 amide bonds. The molecule has 10 nitrogen and oxygen atoms in total. The zero-order valence-electron chi connectivity index (χ0n) is 14.1. The van der Waals surface area contributed by atoms with Crippen LogP contribution in [-0.2, 0) is 14.9 Å². The van der Waals surface area contributed by atoms with E-state index in [2.05, 4.69) is 9.97 Å². The fourth-order valence-electron chi connectivity index (χ4n) is 2.65. The Hall–Kier alpha value is -2.15. The minimum Gasteiger partial charge on any atom is -0.460 e. The first-order valence-electron chi connectivity index (χ1n) is 7.86. The van der Waals surface area contributed by atoms with Gasteiger partial charge in [-0.2, -0.15) is 8.42 Å². The summed E-state index contributed by atoms with van der Waals surface area (Å²) in [6.45, 7) is 1.87. The molecule has 1 fully saturated rings. The van der Waals surface area contributed by atoms with Crippen LogP contribution >= 0.6 is 0 Å². The van der Waals surface area contributed by atoms with Gasteiger partial charge >= 0.3 is 0 Å². The van der Waals surface area contributed by atoms with Crippen LogP contribution in [0.5, 0.6) is 5.75 Å². The van der Waals surface area contributed by atoms with Crippen molar-refractivity contribution in [2.24, 2.45) is 0 Å². The first kappa shape index (κ1) is 19.6. The molecule has 0 bridgehead atoms. The van der Waals surface area contributed by atoms with Crippen molar-refractivity contribution in [3.05, 3.63) is 42.5 Å². The van der Waals surface area contributed by atoms with Crippen LogP contribution < -0.4 is 4.74 Å². The summed E-state index contributed by atoms with van der Waals surface area (Å²) in [6.07, 6.45) is -1.22. The normalized spacial score (nSPS) is 28.7. The van der Waals surface area contributed by atoms with E-state index in [9.17, 15) is 23.7 Å². The summed E-state index contributed by atoms with van der Waals surface area (Å²) in [6, 6.07) is 3.42. The molecule has 1 unspecified atom stereocenters. The van der Waals surface area contributed by atoms with Gasteiger partial charge in [0.2, 0.25) is 11.7 Å². The maximum Gasteiger partial charge on any atom is 0.295 e. The van der Waals surface area contributed by atoms with Gasteiger partial charge in [0.05, 0.1) is 6.20 Å². The summed E-state index contributed by atoms with van der Waals surface area (Å²) in [7, 11) is -4.86. The Morgan fingerprint density at radius 2 is 1.59 bits per heavy atom. The topological polar surface area (TPSA) is 159 Å². The largest absolute Gasteiger partial charge is 0.460 e. The zero-order chi connectivity index (χ0) is 19.8. The third-order valence-electron chi connectivity index (χ3n) is 3.99. The van der Waals surface area contributed by atoms with E-state index >= 15 is 0 Å². The Morgan fingerprint density at radius 1 is 0.963 bits per heavy atom. The lowest BCUT2D eigenvalue weighted by atomic mass is 10.1. The predicted octanol–water partition coefficient (Wildman–Crippen LogP) is -0.516. The first-order valence-corrected chi connectivity index (χ1v) is 9.37. The Labute approximate surface area is 154 Å². The van der Waals surface area contributed by atoms with E-state index in [-0.39, 0.29) is 5.75 Å². The van der Waals surface area contributed by atoms with Gasteiger partial charge in [0.1, 0.15) is 24.1 Å². The van der Waals surface area contributed by atoms with Gasteiger partial charge in [-0.25, -0.2) is 0 Å². The number of aliphatic hydroxyl groups is 3. The van der Waals surface area contributed by atoms with Crippen molar-refractivity contribution < 1.29 is 37.8 Å². The summed E-state index contributed by atoms with van der Waals surface area (Å²) in [5.41, 5.74) is 0.154. The van der Waals surface area contributed by atoms with Gasteiger partial charge in [0.25, 0.3) is 10.1 Å². The molecule has 0 aromatic carbocycles. The van der Waals surface area contributed by atoms with Crippen molar-refractivity contribution in [1.29, 1.82) is 0 Å². The maximum absolute atomic E-state index is 11.3. The van der Waals surface area contributed by atoms with Crippen molar-refractivity contribution in [1.82, 2.24) is 9.97 Å². The molecule has 11 heteroatoms. The first-order chi connectivity index (χ1) is 12.7. The third kappa shape index (κ3) is 4.24. The van der Waals surface area contributed by atoms with Crippen LogP contribution in [0.2, 0.25) is 0 Å². The molecule has 1 aliphatic rings. The molecule has 146 valence electrons. The molecule has 5 atom stereocenters. The van der Waals surface area contributed by atoms with E-state index in [0.717, 1.165) is 11.1 Å². The van der Waals surface area contributed by atoms with Gasteiger partial charge in [0.15, 0.2) is 0 Å². The fraction of sp³-hybridized carbons (Fsp3) is 0.375. The van der Waals surface area contributed by atoms with Gasteiger partial charge in [-0.05, 0) is 24.6 Å². The number of rotatable bonds is 4. The molecule has 0 saturated carbocycles. The summed E-state index contributed by atoms with van der Waals surface area (Å²) >= 11 is 0. The minimum atomic E-state index is -4.86. The molecular weight excluding hydrogens is 380 g/mol. The highest BCUT2D eigenvalue weighted by Crippen LogP contribution is 2.28. The van der Waals surface area contributed by atoms with E-state index in [0.29, 0.717) is 5.56 Å². The van der Waals surface area contributed by atoms with E-state index < -0.39 is 40.2 Å². The van der Waals surface area contributed by atoms with Crippen LogP contribution in [0.25, 0.3) is 11.1 Å². The zero-order valence-corrected chi connectivity index (χ0v) is 14.9. The summed E-state index contributed by atoms with van der Waals surface area (Å²) in [5.74, 6) is 0.107. The summed E-state index contributed by atoms with van der Waals surface area (Å²) < 4.78 is 42.1. The van der Waals surface area contributed by atoms with Gasteiger partial charge in [-0.15, -0.1) is 0 Å². The van der Waals surface area contributed by atoms with E-state index in [4.69, 9.17) is 14.0 Å². The standard InChI is InChI=1S/C16H18N2O8S/c1-8-2-9(5-17-4-8)10-3-11(7-18-6-10)25-15-13(20)12(19)14(21)16(26-15)27(22,23)24/h2-7,12-16,19-21H,1H3,(H,22,23,24)/t12-,13-,14+,15-,16?/m1/s1.